The minimum atomic E-state index is -1.17. The van der Waals surface area contributed by atoms with Crippen LogP contribution in [0.25, 0.3) is 0 Å². The minimum absolute atomic E-state index is 0.0321. The van der Waals surface area contributed by atoms with Gasteiger partial charge in [-0.05, 0) is 38.1 Å². The fourth-order valence-electron chi connectivity index (χ4n) is 1.59. The highest BCUT2D eigenvalue weighted by Crippen LogP contribution is 2.14. The Labute approximate surface area is 117 Å². The number of benzene rings is 1. The summed E-state index contributed by atoms with van der Waals surface area (Å²) in [5, 5.41) is 20.0. The van der Waals surface area contributed by atoms with Crippen molar-refractivity contribution in [1.82, 2.24) is 5.32 Å². The monoisotopic (exact) mass is 281 g/mol. The summed E-state index contributed by atoms with van der Waals surface area (Å²) in [6.45, 7) is 3.48. The molecule has 0 aliphatic heterocycles. The lowest BCUT2D eigenvalue weighted by molar-refractivity contribution is -0.139. The highest BCUT2D eigenvalue weighted by atomic mass is 16.5. The average molecular weight is 281 g/mol. The fourth-order valence-corrected chi connectivity index (χ4v) is 1.59. The number of aliphatic hydroxyl groups excluding tert-OH is 1. The number of aliphatic hydroxyl groups is 1. The fraction of sp³-hybridized carbons (Fsp3) is 0.429. The Bertz CT molecular complexity index is 455. The molecule has 6 heteroatoms. The standard InChI is InChI=1S/C14H19NO5/c1-9(2)20-11-5-3-10(4-6-11)13(17)15-12(7-8-16)14(18)19/h3-6,9,12,16H,7-8H2,1-2H3,(H,15,17)(H,18,19)/t12-/m0/s1. The van der Waals surface area contributed by atoms with Crippen molar-refractivity contribution < 1.29 is 24.5 Å². The van der Waals surface area contributed by atoms with Crippen LogP contribution in [0, 0.1) is 0 Å². The van der Waals surface area contributed by atoms with Crippen LogP contribution in [0.1, 0.15) is 30.6 Å². The van der Waals surface area contributed by atoms with Crippen LogP contribution in [-0.2, 0) is 4.79 Å². The predicted molar refractivity (Wildman–Crippen MR) is 72.8 cm³/mol. The molecule has 0 aliphatic carbocycles. The first kappa shape index (κ1) is 16.0. The molecule has 1 rings (SSSR count). The van der Waals surface area contributed by atoms with Gasteiger partial charge in [-0.15, -0.1) is 0 Å². The SMILES string of the molecule is CC(C)Oc1ccc(C(=O)N[C@@H](CCO)C(=O)O)cc1. The number of nitrogens with one attached hydrogen (secondary N) is 1. The van der Waals surface area contributed by atoms with Crippen LogP contribution in [0.3, 0.4) is 0 Å². The predicted octanol–water partition coefficient (Wildman–Crippen LogP) is 1.04. The van der Waals surface area contributed by atoms with Gasteiger partial charge in [0.25, 0.3) is 5.91 Å². The van der Waals surface area contributed by atoms with E-state index < -0.39 is 17.9 Å². The number of carbonyl (C=O) groups excluding carboxylic acids is 1. The zero-order valence-electron chi connectivity index (χ0n) is 11.5. The Morgan fingerprint density at radius 2 is 1.85 bits per heavy atom. The summed E-state index contributed by atoms with van der Waals surface area (Å²) < 4.78 is 5.45. The van der Waals surface area contributed by atoms with E-state index in [0.29, 0.717) is 11.3 Å². The van der Waals surface area contributed by atoms with E-state index in [2.05, 4.69) is 5.32 Å². The van der Waals surface area contributed by atoms with Crippen molar-refractivity contribution in [2.24, 2.45) is 0 Å². The Morgan fingerprint density at radius 1 is 1.25 bits per heavy atom. The van der Waals surface area contributed by atoms with Gasteiger partial charge in [-0.2, -0.15) is 0 Å². The molecule has 0 saturated heterocycles. The molecule has 0 heterocycles. The first-order chi connectivity index (χ1) is 9.43. The number of hydrogen-bond acceptors (Lipinski definition) is 4. The summed E-state index contributed by atoms with van der Waals surface area (Å²) in [4.78, 5) is 22.8. The van der Waals surface area contributed by atoms with E-state index in [1.54, 1.807) is 24.3 Å². The smallest absolute Gasteiger partial charge is 0.326 e. The average Bonchev–Trinajstić information content (AvgIpc) is 2.38. The second-order valence-corrected chi connectivity index (χ2v) is 4.57. The molecule has 110 valence electrons. The Kier molecular flexibility index (Phi) is 5.99. The normalized spacial score (nSPS) is 12.0. The van der Waals surface area contributed by atoms with Gasteiger partial charge in [0.15, 0.2) is 0 Å². The molecule has 0 bridgehead atoms. The van der Waals surface area contributed by atoms with Crippen molar-refractivity contribution in [1.29, 1.82) is 0 Å². The van der Waals surface area contributed by atoms with Crippen molar-refractivity contribution in [3.63, 3.8) is 0 Å². The number of rotatable bonds is 7. The summed E-state index contributed by atoms with van der Waals surface area (Å²) in [5.41, 5.74) is 0.338. The van der Waals surface area contributed by atoms with Crippen molar-refractivity contribution in [2.75, 3.05) is 6.61 Å². The molecule has 1 aromatic rings. The summed E-state index contributed by atoms with van der Waals surface area (Å²) in [6, 6.07) is 5.32. The van der Waals surface area contributed by atoms with Gasteiger partial charge in [-0.25, -0.2) is 4.79 Å². The van der Waals surface area contributed by atoms with E-state index in [4.69, 9.17) is 14.9 Å². The topological polar surface area (TPSA) is 95.9 Å². The van der Waals surface area contributed by atoms with Crippen molar-refractivity contribution >= 4 is 11.9 Å². The van der Waals surface area contributed by atoms with E-state index in [1.165, 1.54) is 0 Å². The quantitative estimate of drug-likeness (QED) is 0.694. The van der Waals surface area contributed by atoms with E-state index in [9.17, 15) is 9.59 Å². The highest BCUT2D eigenvalue weighted by Gasteiger charge is 2.19. The maximum absolute atomic E-state index is 11.9. The van der Waals surface area contributed by atoms with Gasteiger partial charge in [0.05, 0.1) is 6.10 Å². The van der Waals surface area contributed by atoms with Crippen LogP contribution >= 0.6 is 0 Å². The molecule has 1 atom stereocenters. The van der Waals surface area contributed by atoms with Gasteiger partial charge in [-0.3, -0.25) is 4.79 Å². The number of carbonyl (C=O) groups is 2. The second kappa shape index (κ2) is 7.49. The number of carboxylic acids is 1. The summed E-state index contributed by atoms with van der Waals surface area (Å²) >= 11 is 0. The van der Waals surface area contributed by atoms with E-state index >= 15 is 0 Å². The first-order valence-electron chi connectivity index (χ1n) is 6.35. The molecule has 0 radical (unpaired) electrons. The molecule has 20 heavy (non-hydrogen) atoms. The lowest BCUT2D eigenvalue weighted by Crippen LogP contribution is -2.41. The lowest BCUT2D eigenvalue weighted by atomic mass is 10.1. The van der Waals surface area contributed by atoms with Gasteiger partial charge in [-0.1, -0.05) is 0 Å². The van der Waals surface area contributed by atoms with Crippen LogP contribution in [0.4, 0.5) is 0 Å². The summed E-state index contributed by atoms with van der Waals surface area (Å²) in [6.07, 6.45) is 0.00549. The number of aliphatic carboxylic acids is 1. The van der Waals surface area contributed by atoms with Crippen LogP contribution < -0.4 is 10.1 Å². The van der Waals surface area contributed by atoms with Crippen LogP contribution in [-0.4, -0.2) is 40.8 Å². The van der Waals surface area contributed by atoms with Crippen molar-refractivity contribution in [2.45, 2.75) is 32.4 Å². The molecule has 3 N–H and O–H groups in total. The molecule has 0 saturated carbocycles. The van der Waals surface area contributed by atoms with Gasteiger partial charge < -0.3 is 20.3 Å². The Balaban J connectivity index is 2.69. The Hall–Kier alpha value is -2.08. The minimum Gasteiger partial charge on any atom is -0.491 e. The van der Waals surface area contributed by atoms with Gasteiger partial charge >= 0.3 is 5.97 Å². The molecule has 0 fully saturated rings. The Morgan fingerprint density at radius 3 is 2.30 bits per heavy atom. The molecule has 6 nitrogen and oxygen atoms in total. The molecule has 1 amide bonds. The molecular formula is C14H19NO5. The van der Waals surface area contributed by atoms with E-state index in [1.807, 2.05) is 13.8 Å². The van der Waals surface area contributed by atoms with Crippen molar-refractivity contribution in [3.8, 4) is 5.75 Å². The third-order valence-corrected chi connectivity index (χ3v) is 2.51. The van der Waals surface area contributed by atoms with Crippen LogP contribution in [0.15, 0.2) is 24.3 Å². The van der Waals surface area contributed by atoms with Crippen LogP contribution in [0.5, 0.6) is 5.75 Å². The first-order valence-corrected chi connectivity index (χ1v) is 6.35. The molecule has 0 spiro atoms. The van der Waals surface area contributed by atoms with E-state index in [0.717, 1.165) is 0 Å². The second-order valence-electron chi connectivity index (χ2n) is 4.57. The number of ether oxygens (including phenoxy) is 1. The summed E-state index contributed by atoms with van der Waals surface area (Å²) in [5.74, 6) is -1.03. The van der Waals surface area contributed by atoms with Gasteiger partial charge in [0.2, 0.25) is 0 Å². The number of carboxylic acid groups (broad SMARTS) is 1. The van der Waals surface area contributed by atoms with Crippen LogP contribution in [0.2, 0.25) is 0 Å². The summed E-state index contributed by atoms with van der Waals surface area (Å²) in [7, 11) is 0. The van der Waals surface area contributed by atoms with Gasteiger partial charge in [0, 0.05) is 18.6 Å². The molecule has 0 aliphatic rings. The largest absolute Gasteiger partial charge is 0.491 e. The third-order valence-electron chi connectivity index (χ3n) is 2.51. The maximum atomic E-state index is 11.9. The van der Waals surface area contributed by atoms with Gasteiger partial charge in [0.1, 0.15) is 11.8 Å². The zero-order valence-corrected chi connectivity index (χ0v) is 11.5. The van der Waals surface area contributed by atoms with E-state index in [-0.39, 0.29) is 19.1 Å². The molecule has 0 unspecified atom stereocenters. The number of amides is 1. The molecule has 0 aromatic heterocycles. The maximum Gasteiger partial charge on any atom is 0.326 e. The third kappa shape index (κ3) is 4.89. The molecule has 1 aromatic carbocycles. The molecular weight excluding hydrogens is 262 g/mol. The zero-order chi connectivity index (χ0) is 15.1. The highest BCUT2D eigenvalue weighted by molar-refractivity contribution is 5.96. The lowest BCUT2D eigenvalue weighted by Gasteiger charge is -2.14. The van der Waals surface area contributed by atoms with Crippen molar-refractivity contribution in [3.05, 3.63) is 29.8 Å². The number of hydrogen-bond donors (Lipinski definition) is 3.